The van der Waals surface area contributed by atoms with Gasteiger partial charge < -0.3 is 9.67 Å². The Balaban J connectivity index is 1.85. The molecule has 0 unspecified atom stereocenters. The summed E-state index contributed by atoms with van der Waals surface area (Å²) in [6, 6.07) is 10.7. The first-order chi connectivity index (χ1) is 13.6. The van der Waals surface area contributed by atoms with E-state index in [0.29, 0.717) is 28.1 Å². The molecule has 140 valence electrons. The Morgan fingerprint density at radius 1 is 1.21 bits per heavy atom. The van der Waals surface area contributed by atoms with Crippen molar-refractivity contribution in [2.45, 2.75) is 13.3 Å². The monoisotopic (exact) mass is 392 g/mol. The topological polar surface area (TPSA) is 101 Å². The lowest BCUT2D eigenvalue weighted by atomic mass is 10.0. The fourth-order valence-electron chi connectivity index (χ4n) is 3.06. The normalized spacial score (nSPS) is 10.9. The zero-order valence-corrected chi connectivity index (χ0v) is 15.7. The summed E-state index contributed by atoms with van der Waals surface area (Å²) in [6.45, 7) is 1.92. The van der Waals surface area contributed by atoms with Crippen LogP contribution in [0.3, 0.4) is 0 Å². The average molecular weight is 392 g/mol. The first-order valence-electron chi connectivity index (χ1n) is 8.58. The number of nitroso groups, excluding NO2 is 1. The summed E-state index contributed by atoms with van der Waals surface area (Å²) in [5.74, 6) is 0.482. The van der Waals surface area contributed by atoms with E-state index in [0.717, 1.165) is 11.4 Å². The van der Waals surface area contributed by atoms with Gasteiger partial charge in [-0.15, -0.1) is 4.91 Å². The maximum Gasteiger partial charge on any atom is 0.200 e. The maximum atomic E-state index is 11.3. The molecule has 2 aromatic heterocycles. The Kier molecular flexibility index (Phi) is 4.58. The van der Waals surface area contributed by atoms with E-state index in [1.807, 2.05) is 42.0 Å². The number of nitrogens with one attached hydrogen (secondary N) is 1. The van der Waals surface area contributed by atoms with Crippen LogP contribution in [0.25, 0.3) is 22.8 Å². The number of hydrogen-bond donors (Lipinski definition) is 2. The van der Waals surface area contributed by atoms with Crippen molar-refractivity contribution in [1.82, 2.24) is 24.3 Å². The summed E-state index contributed by atoms with van der Waals surface area (Å²) in [5, 5.41) is 20.2. The maximum absolute atomic E-state index is 11.3. The molecule has 0 saturated heterocycles. The molecule has 9 heteroatoms. The third kappa shape index (κ3) is 3.01. The second-order valence-corrected chi connectivity index (χ2v) is 6.50. The number of aromatic hydroxyl groups is 1. The average Bonchev–Trinajstić information content (AvgIpc) is 3.38. The summed E-state index contributed by atoms with van der Waals surface area (Å²) in [5.41, 5.74) is 3.01. The lowest BCUT2D eigenvalue weighted by Crippen LogP contribution is -1.99. The third-order valence-electron chi connectivity index (χ3n) is 4.50. The van der Waals surface area contributed by atoms with Crippen LogP contribution in [0.15, 0.2) is 60.3 Å². The minimum atomic E-state index is 0.0335. The van der Waals surface area contributed by atoms with E-state index in [2.05, 4.69) is 20.4 Å². The number of imidazole rings is 1. The van der Waals surface area contributed by atoms with E-state index in [1.54, 1.807) is 23.2 Å². The van der Waals surface area contributed by atoms with Crippen molar-refractivity contribution in [1.29, 1.82) is 0 Å². The molecule has 2 heterocycles. The van der Waals surface area contributed by atoms with Gasteiger partial charge in [0.05, 0.1) is 12.0 Å². The number of phenols is 1. The lowest BCUT2D eigenvalue weighted by Gasteiger charge is -2.11. The van der Waals surface area contributed by atoms with E-state index < -0.39 is 0 Å². The highest BCUT2D eigenvalue weighted by Gasteiger charge is 2.18. The highest BCUT2D eigenvalue weighted by Crippen LogP contribution is 2.36. The van der Waals surface area contributed by atoms with Crippen LogP contribution in [0.1, 0.15) is 12.5 Å². The highest BCUT2D eigenvalue weighted by atomic mass is 32.1. The van der Waals surface area contributed by atoms with Crippen LogP contribution in [0.4, 0.5) is 5.69 Å². The van der Waals surface area contributed by atoms with Crippen molar-refractivity contribution in [3.8, 4) is 28.5 Å². The molecule has 8 nitrogen and oxygen atoms in total. The van der Waals surface area contributed by atoms with E-state index in [9.17, 15) is 10.0 Å². The molecule has 0 aliphatic rings. The molecule has 0 atom stereocenters. The van der Waals surface area contributed by atoms with Crippen LogP contribution in [0.2, 0.25) is 0 Å². The second-order valence-electron chi connectivity index (χ2n) is 6.12. The number of phenolic OH excluding ortho intramolecular Hbond substituents is 1. The third-order valence-corrected chi connectivity index (χ3v) is 4.77. The van der Waals surface area contributed by atoms with Gasteiger partial charge in [-0.1, -0.05) is 6.92 Å². The molecule has 0 bridgehead atoms. The van der Waals surface area contributed by atoms with Gasteiger partial charge in [-0.3, -0.25) is 9.67 Å². The zero-order chi connectivity index (χ0) is 19.7. The molecule has 28 heavy (non-hydrogen) atoms. The smallest absolute Gasteiger partial charge is 0.200 e. The minimum Gasteiger partial charge on any atom is -0.508 e. The van der Waals surface area contributed by atoms with Gasteiger partial charge in [-0.25, -0.2) is 4.98 Å². The number of H-pyrrole nitrogens is 1. The van der Waals surface area contributed by atoms with Gasteiger partial charge in [-0.05, 0) is 59.7 Å². The molecule has 0 spiro atoms. The van der Waals surface area contributed by atoms with Crippen LogP contribution < -0.4 is 0 Å². The van der Waals surface area contributed by atoms with Gasteiger partial charge in [0.25, 0.3) is 0 Å². The number of rotatable bonds is 5. The van der Waals surface area contributed by atoms with Crippen LogP contribution in [0, 0.1) is 9.68 Å². The zero-order valence-electron chi connectivity index (χ0n) is 14.9. The molecule has 0 amide bonds. The predicted octanol–water partition coefficient (Wildman–Crippen LogP) is 4.45. The number of hydrogen-bond acceptors (Lipinski definition) is 6. The molecule has 0 fully saturated rings. The van der Waals surface area contributed by atoms with Crippen LogP contribution in [0.5, 0.6) is 5.75 Å². The molecule has 0 saturated carbocycles. The van der Waals surface area contributed by atoms with Crippen molar-refractivity contribution >= 4 is 17.9 Å². The van der Waals surface area contributed by atoms with Crippen LogP contribution in [-0.2, 0) is 6.42 Å². The molecule has 0 radical (unpaired) electrons. The van der Waals surface area contributed by atoms with Gasteiger partial charge >= 0.3 is 0 Å². The minimum absolute atomic E-state index is 0.0335. The quantitative estimate of drug-likeness (QED) is 0.386. The Bertz CT molecular complexity index is 1190. The Morgan fingerprint density at radius 2 is 1.96 bits per heavy atom. The van der Waals surface area contributed by atoms with Gasteiger partial charge in [0, 0.05) is 29.7 Å². The van der Waals surface area contributed by atoms with E-state index in [4.69, 9.17) is 12.2 Å². The van der Waals surface area contributed by atoms with Crippen LogP contribution >= 0.6 is 12.2 Å². The highest BCUT2D eigenvalue weighted by molar-refractivity contribution is 7.71. The van der Waals surface area contributed by atoms with Gasteiger partial charge in [0.2, 0.25) is 0 Å². The van der Waals surface area contributed by atoms with Crippen LogP contribution in [-0.4, -0.2) is 29.4 Å². The standard InChI is InChI=1S/C19H16N6O2S/c1-2-12-9-15(16(23-27)10-17(12)26)18-21-22-19(28)25(18)14-5-3-13(4-6-14)24-8-7-20-11-24/h3-11,26H,2H2,1H3,(H,22,28). The summed E-state index contributed by atoms with van der Waals surface area (Å²) >= 11 is 5.41. The van der Waals surface area contributed by atoms with Gasteiger partial charge in [0.1, 0.15) is 11.4 Å². The molecule has 0 aliphatic heterocycles. The van der Waals surface area contributed by atoms with Crippen molar-refractivity contribution in [3.63, 3.8) is 0 Å². The SMILES string of the molecule is CCc1cc(-c2n[nH]c(=S)n2-c2ccc(-n3ccnc3)cc2)c(N=O)cc1O. The molecular formula is C19H16N6O2S. The molecule has 0 aliphatic carbocycles. The van der Waals surface area contributed by atoms with E-state index >= 15 is 0 Å². The molecule has 2 N–H and O–H groups in total. The summed E-state index contributed by atoms with van der Waals surface area (Å²) in [7, 11) is 0. The largest absolute Gasteiger partial charge is 0.508 e. The molecular weight excluding hydrogens is 376 g/mol. The Labute approximate surface area is 165 Å². The van der Waals surface area contributed by atoms with Crippen molar-refractivity contribution in [2.24, 2.45) is 5.18 Å². The van der Waals surface area contributed by atoms with E-state index in [-0.39, 0.29) is 11.4 Å². The van der Waals surface area contributed by atoms with Gasteiger partial charge in [0.15, 0.2) is 10.6 Å². The van der Waals surface area contributed by atoms with Crippen molar-refractivity contribution < 1.29 is 5.11 Å². The van der Waals surface area contributed by atoms with E-state index in [1.165, 1.54) is 6.07 Å². The Morgan fingerprint density at radius 3 is 2.61 bits per heavy atom. The fourth-order valence-corrected chi connectivity index (χ4v) is 3.30. The fraction of sp³-hybridized carbons (Fsp3) is 0.105. The lowest BCUT2D eigenvalue weighted by molar-refractivity contribution is 0.469. The summed E-state index contributed by atoms with van der Waals surface area (Å²) < 4.78 is 4.00. The van der Waals surface area contributed by atoms with Crippen molar-refractivity contribution in [2.75, 3.05) is 0 Å². The summed E-state index contributed by atoms with van der Waals surface area (Å²) in [6.07, 6.45) is 5.88. The summed E-state index contributed by atoms with van der Waals surface area (Å²) in [4.78, 5) is 15.4. The Hall–Kier alpha value is -3.59. The number of nitrogens with zero attached hydrogens (tertiary/aromatic N) is 5. The number of aromatic nitrogens is 5. The first kappa shape index (κ1) is 17.8. The number of aryl methyl sites for hydroxylation is 1. The molecule has 4 aromatic rings. The number of benzene rings is 2. The predicted molar refractivity (Wildman–Crippen MR) is 108 cm³/mol. The number of aromatic amines is 1. The second kappa shape index (κ2) is 7.20. The van der Waals surface area contributed by atoms with Crippen molar-refractivity contribution in [3.05, 3.63) is 70.4 Å². The first-order valence-corrected chi connectivity index (χ1v) is 8.99. The molecule has 4 rings (SSSR count). The van der Waals surface area contributed by atoms with Gasteiger partial charge in [-0.2, -0.15) is 5.10 Å². The molecule has 2 aromatic carbocycles.